The average molecular weight is 351 g/mol. The Balaban J connectivity index is 1.46. The molecule has 0 radical (unpaired) electrons. The SMILES string of the molecule is Cc1ccc(CCCC(=O)N2CCN(c3cccc(C)c3C)CC2)cc1. The summed E-state index contributed by atoms with van der Waals surface area (Å²) in [6.45, 7) is 9.96. The van der Waals surface area contributed by atoms with Crippen molar-refractivity contribution in [2.24, 2.45) is 0 Å². The lowest BCUT2D eigenvalue weighted by atomic mass is 10.1. The van der Waals surface area contributed by atoms with Crippen LogP contribution in [0.1, 0.15) is 35.1 Å². The van der Waals surface area contributed by atoms with E-state index in [1.165, 1.54) is 27.9 Å². The highest BCUT2D eigenvalue weighted by Crippen LogP contribution is 2.24. The number of rotatable bonds is 5. The van der Waals surface area contributed by atoms with Gasteiger partial charge in [-0.1, -0.05) is 42.0 Å². The van der Waals surface area contributed by atoms with E-state index < -0.39 is 0 Å². The zero-order valence-electron chi connectivity index (χ0n) is 16.3. The number of nitrogens with zero attached hydrogens (tertiary/aromatic N) is 2. The van der Waals surface area contributed by atoms with Crippen molar-refractivity contribution in [1.82, 2.24) is 4.90 Å². The van der Waals surface area contributed by atoms with E-state index in [1.807, 2.05) is 4.90 Å². The highest BCUT2D eigenvalue weighted by Gasteiger charge is 2.21. The summed E-state index contributed by atoms with van der Waals surface area (Å²) in [6, 6.07) is 15.1. The van der Waals surface area contributed by atoms with E-state index in [0.29, 0.717) is 12.3 Å². The fraction of sp³-hybridized carbons (Fsp3) is 0.435. The van der Waals surface area contributed by atoms with Crippen LogP contribution >= 0.6 is 0 Å². The fourth-order valence-corrected chi connectivity index (χ4v) is 3.63. The second kappa shape index (κ2) is 8.39. The molecule has 0 aliphatic carbocycles. The second-order valence-electron chi connectivity index (χ2n) is 7.43. The molecular weight excluding hydrogens is 320 g/mol. The van der Waals surface area contributed by atoms with E-state index in [4.69, 9.17) is 0 Å². The van der Waals surface area contributed by atoms with Gasteiger partial charge in [0.25, 0.3) is 0 Å². The monoisotopic (exact) mass is 350 g/mol. The molecular formula is C23H30N2O. The summed E-state index contributed by atoms with van der Waals surface area (Å²) in [5.41, 5.74) is 6.61. The van der Waals surface area contributed by atoms with E-state index in [1.54, 1.807) is 0 Å². The molecule has 3 nitrogen and oxygen atoms in total. The van der Waals surface area contributed by atoms with Crippen LogP contribution in [0.4, 0.5) is 5.69 Å². The van der Waals surface area contributed by atoms with E-state index in [-0.39, 0.29) is 0 Å². The van der Waals surface area contributed by atoms with Gasteiger partial charge in [-0.25, -0.2) is 0 Å². The van der Waals surface area contributed by atoms with Gasteiger partial charge in [-0.2, -0.15) is 0 Å². The molecule has 1 aliphatic rings. The molecule has 1 aliphatic heterocycles. The Labute approximate surface area is 157 Å². The smallest absolute Gasteiger partial charge is 0.222 e. The summed E-state index contributed by atoms with van der Waals surface area (Å²) >= 11 is 0. The molecule has 0 saturated carbocycles. The molecule has 0 unspecified atom stereocenters. The van der Waals surface area contributed by atoms with Crippen LogP contribution in [0.15, 0.2) is 42.5 Å². The summed E-state index contributed by atoms with van der Waals surface area (Å²) in [6.07, 6.45) is 2.56. The number of aryl methyl sites for hydroxylation is 3. The third kappa shape index (κ3) is 4.46. The lowest BCUT2D eigenvalue weighted by Crippen LogP contribution is -2.49. The highest BCUT2D eigenvalue weighted by atomic mass is 16.2. The van der Waals surface area contributed by atoms with Crippen LogP contribution in [-0.4, -0.2) is 37.0 Å². The van der Waals surface area contributed by atoms with Crippen LogP contribution in [0.3, 0.4) is 0 Å². The number of anilines is 1. The van der Waals surface area contributed by atoms with Crippen molar-refractivity contribution < 1.29 is 4.79 Å². The lowest BCUT2D eigenvalue weighted by molar-refractivity contribution is -0.131. The van der Waals surface area contributed by atoms with E-state index in [0.717, 1.165) is 39.0 Å². The molecule has 0 atom stereocenters. The quantitative estimate of drug-likeness (QED) is 0.803. The minimum Gasteiger partial charge on any atom is -0.368 e. The third-order valence-corrected chi connectivity index (χ3v) is 5.53. The zero-order chi connectivity index (χ0) is 18.5. The summed E-state index contributed by atoms with van der Waals surface area (Å²) in [5, 5.41) is 0. The highest BCUT2D eigenvalue weighted by molar-refractivity contribution is 5.76. The van der Waals surface area contributed by atoms with Gasteiger partial charge in [0, 0.05) is 38.3 Å². The number of hydrogen-bond donors (Lipinski definition) is 0. The van der Waals surface area contributed by atoms with Crippen molar-refractivity contribution >= 4 is 11.6 Å². The number of hydrogen-bond acceptors (Lipinski definition) is 2. The van der Waals surface area contributed by atoms with Gasteiger partial charge in [-0.15, -0.1) is 0 Å². The first-order valence-electron chi connectivity index (χ1n) is 9.69. The zero-order valence-corrected chi connectivity index (χ0v) is 16.3. The summed E-state index contributed by atoms with van der Waals surface area (Å²) in [4.78, 5) is 17.0. The van der Waals surface area contributed by atoms with Gasteiger partial charge < -0.3 is 9.80 Å². The first kappa shape index (κ1) is 18.5. The molecule has 0 spiro atoms. The van der Waals surface area contributed by atoms with Crippen LogP contribution in [0, 0.1) is 20.8 Å². The molecule has 1 fully saturated rings. The molecule has 2 aromatic carbocycles. The van der Waals surface area contributed by atoms with Crippen LogP contribution < -0.4 is 4.90 Å². The standard InChI is InChI=1S/C23H30N2O/c1-18-10-12-21(13-11-18)7-5-9-23(26)25-16-14-24(15-17-25)22-8-4-6-19(2)20(22)3/h4,6,8,10-13H,5,7,9,14-17H2,1-3H3. The van der Waals surface area contributed by atoms with E-state index in [2.05, 4.69) is 68.1 Å². The van der Waals surface area contributed by atoms with Gasteiger partial charge in [-0.3, -0.25) is 4.79 Å². The van der Waals surface area contributed by atoms with Gasteiger partial charge in [0.05, 0.1) is 0 Å². The maximum absolute atomic E-state index is 12.5. The normalized spacial score (nSPS) is 14.6. The Bertz CT molecular complexity index is 743. The fourth-order valence-electron chi connectivity index (χ4n) is 3.63. The Morgan fingerprint density at radius 2 is 1.62 bits per heavy atom. The third-order valence-electron chi connectivity index (χ3n) is 5.53. The van der Waals surface area contributed by atoms with E-state index >= 15 is 0 Å². The summed E-state index contributed by atoms with van der Waals surface area (Å²) in [5.74, 6) is 0.303. The molecule has 3 heteroatoms. The van der Waals surface area contributed by atoms with Crippen LogP contribution in [0.25, 0.3) is 0 Å². The summed E-state index contributed by atoms with van der Waals surface area (Å²) < 4.78 is 0. The predicted molar refractivity (Wildman–Crippen MR) is 109 cm³/mol. The number of piperazine rings is 1. The number of carbonyl (C=O) groups excluding carboxylic acids is 1. The molecule has 0 bridgehead atoms. The van der Waals surface area contributed by atoms with Crippen molar-refractivity contribution in [2.75, 3.05) is 31.1 Å². The van der Waals surface area contributed by atoms with Crippen molar-refractivity contribution in [3.05, 3.63) is 64.7 Å². The number of benzene rings is 2. The number of amides is 1. The molecule has 26 heavy (non-hydrogen) atoms. The van der Waals surface area contributed by atoms with Crippen molar-refractivity contribution in [3.8, 4) is 0 Å². The molecule has 1 saturated heterocycles. The van der Waals surface area contributed by atoms with Crippen LogP contribution in [0.2, 0.25) is 0 Å². The van der Waals surface area contributed by atoms with Gasteiger partial charge in [-0.05, 0) is 56.4 Å². The number of carbonyl (C=O) groups is 1. The predicted octanol–water partition coefficient (Wildman–Crippen LogP) is 4.28. The maximum atomic E-state index is 12.5. The van der Waals surface area contributed by atoms with Crippen molar-refractivity contribution in [1.29, 1.82) is 0 Å². The van der Waals surface area contributed by atoms with Gasteiger partial charge in [0.1, 0.15) is 0 Å². The second-order valence-corrected chi connectivity index (χ2v) is 7.43. The first-order valence-corrected chi connectivity index (χ1v) is 9.69. The first-order chi connectivity index (χ1) is 12.5. The topological polar surface area (TPSA) is 23.6 Å². The molecule has 3 rings (SSSR count). The van der Waals surface area contributed by atoms with Gasteiger partial charge in [0.2, 0.25) is 5.91 Å². The van der Waals surface area contributed by atoms with Gasteiger partial charge in [0.15, 0.2) is 0 Å². The minimum atomic E-state index is 0.303. The summed E-state index contributed by atoms with van der Waals surface area (Å²) in [7, 11) is 0. The Morgan fingerprint density at radius 1 is 0.923 bits per heavy atom. The Kier molecular flexibility index (Phi) is 5.97. The minimum absolute atomic E-state index is 0.303. The molecule has 1 heterocycles. The largest absolute Gasteiger partial charge is 0.368 e. The maximum Gasteiger partial charge on any atom is 0.222 e. The van der Waals surface area contributed by atoms with Crippen molar-refractivity contribution in [2.45, 2.75) is 40.0 Å². The Morgan fingerprint density at radius 3 is 2.31 bits per heavy atom. The molecule has 0 N–H and O–H groups in total. The van der Waals surface area contributed by atoms with Crippen LogP contribution in [-0.2, 0) is 11.2 Å². The Hall–Kier alpha value is -2.29. The lowest BCUT2D eigenvalue weighted by Gasteiger charge is -2.37. The average Bonchev–Trinajstić information content (AvgIpc) is 2.66. The molecule has 138 valence electrons. The molecule has 2 aromatic rings. The van der Waals surface area contributed by atoms with E-state index in [9.17, 15) is 4.79 Å². The van der Waals surface area contributed by atoms with Crippen molar-refractivity contribution in [3.63, 3.8) is 0 Å². The van der Waals surface area contributed by atoms with Gasteiger partial charge >= 0.3 is 0 Å². The molecule has 1 amide bonds. The van der Waals surface area contributed by atoms with Crippen LogP contribution in [0.5, 0.6) is 0 Å². The molecule has 0 aromatic heterocycles.